The average molecular weight is 408 g/mol. The highest BCUT2D eigenvalue weighted by Crippen LogP contribution is 2.23. The largest absolute Gasteiger partial charge is 0.497 e. The topological polar surface area (TPSA) is 106 Å². The summed E-state index contributed by atoms with van der Waals surface area (Å²) in [6, 6.07) is 7.29. The predicted molar refractivity (Wildman–Crippen MR) is 102 cm³/mol. The Hall–Kier alpha value is -2.46. The van der Waals surface area contributed by atoms with Gasteiger partial charge in [-0.15, -0.1) is 0 Å². The molecular weight excluding hydrogens is 384 g/mol. The summed E-state index contributed by atoms with van der Waals surface area (Å²) >= 11 is 0. The van der Waals surface area contributed by atoms with Crippen molar-refractivity contribution in [2.75, 3.05) is 33.5 Å². The number of hydrogen-bond acceptors (Lipinski definition) is 7. The van der Waals surface area contributed by atoms with E-state index < -0.39 is 10.0 Å². The Bertz CT molecular complexity index is 943. The monoisotopic (exact) mass is 408 g/mol. The summed E-state index contributed by atoms with van der Waals surface area (Å²) in [5.74, 6) is 0.910. The van der Waals surface area contributed by atoms with E-state index >= 15 is 0 Å². The number of sulfonamides is 1. The standard InChI is InChI=1S/C18H24N4O5S/c1-21(18(23)14-7-5-9-22(11-14)28(3,24)25)12-16-19-17(20-27-16)13-6-4-8-15(10-13)26-2/h4,6,8,10,14H,5,7,9,11-12H2,1-3H3/t14-/m0/s1. The number of hydrogen-bond donors (Lipinski definition) is 0. The number of amides is 1. The van der Waals surface area contributed by atoms with E-state index in [-0.39, 0.29) is 24.9 Å². The molecule has 0 aliphatic carbocycles. The van der Waals surface area contributed by atoms with E-state index in [9.17, 15) is 13.2 Å². The van der Waals surface area contributed by atoms with Gasteiger partial charge in [-0.2, -0.15) is 4.98 Å². The molecular formula is C18H24N4O5S. The minimum Gasteiger partial charge on any atom is -0.497 e. The second-order valence-electron chi connectivity index (χ2n) is 6.90. The van der Waals surface area contributed by atoms with Gasteiger partial charge in [-0.1, -0.05) is 17.3 Å². The normalized spacial score (nSPS) is 18.0. The third-order valence-electron chi connectivity index (χ3n) is 4.75. The SMILES string of the molecule is COc1cccc(-c2noc(CN(C)C(=O)[C@H]3CCCN(S(C)(=O)=O)C3)n2)c1. The van der Waals surface area contributed by atoms with Gasteiger partial charge in [0.15, 0.2) is 0 Å². The van der Waals surface area contributed by atoms with Gasteiger partial charge in [0, 0.05) is 25.7 Å². The zero-order valence-electron chi connectivity index (χ0n) is 16.2. The lowest BCUT2D eigenvalue weighted by Gasteiger charge is -2.32. The molecule has 1 aliphatic heterocycles. The molecule has 0 radical (unpaired) electrons. The van der Waals surface area contributed by atoms with Crippen LogP contribution in [0, 0.1) is 5.92 Å². The Kier molecular flexibility index (Phi) is 5.99. The van der Waals surface area contributed by atoms with E-state index in [1.807, 2.05) is 18.2 Å². The molecule has 0 unspecified atom stereocenters. The van der Waals surface area contributed by atoms with Gasteiger partial charge in [0.25, 0.3) is 0 Å². The molecule has 3 rings (SSSR count). The third kappa shape index (κ3) is 4.68. The van der Waals surface area contributed by atoms with Crippen molar-refractivity contribution in [3.8, 4) is 17.1 Å². The van der Waals surface area contributed by atoms with Crippen molar-refractivity contribution in [1.82, 2.24) is 19.3 Å². The molecule has 9 nitrogen and oxygen atoms in total. The van der Waals surface area contributed by atoms with Crippen molar-refractivity contribution >= 4 is 15.9 Å². The zero-order chi connectivity index (χ0) is 20.3. The Morgan fingerprint density at radius 3 is 2.93 bits per heavy atom. The molecule has 152 valence electrons. The molecule has 2 aromatic rings. The first-order valence-corrected chi connectivity index (χ1v) is 10.8. The van der Waals surface area contributed by atoms with E-state index in [1.165, 1.54) is 15.5 Å². The molecule has 1 saturated heterocycles. The Balaban J connectivity index is 1.65. The fourth-order valence-electron chi connectivity index (χ4n) is 3.24. The molecule has 0 bridgehead atoms. The van der Waals surface area contributed by atoms with Gasteiger partial charge in [-0.3, -0.25) is 4.79 Å². The number of carbonyl (C=O) groups is 1. The lowest BCUT2D eigenvalue weighted by Crippen LogP contribution is -2.45. The van der Waals surface area contributed by atoms with Crippen molar-refractivity contribution in [3.05, 3.63) is 30.2 Å². The van der Waals surface area contributed by atoms with Gasteiger partial charge in [0.2, 0.25) is 27.6 Å². The highest BCUT2D eigenvalue weighted by molar-refractivity contribution is 7.88. The van der Waals surface area contributed by atoms with Gasteiger partial charge >= 0.3 is 0 Å². The van der Waals surface area contributed by atoms with E-state index in [0.29, 0.717) is 36.9 Å². The predicted octanol–water partition coefficient (Wildman–Crippen LogP) is 1.38. The van der Waals surface area contributed by atoms with E-state index in [4.69, 9.17) is 9.26 Å². The quantitative estimate of drug-likeness (QED) is 0.711. The van der Waals surface area contributed by atoms with Crippen LogP contribution in [0.2, 0.25) is 0 Å². The van der Waals surface area contributed by atoms with Crippen LogP contribution in [0.1, 0.15) is 18.7 Å². The summed E-state index contributed by atoms with van der Waals surface area (Å²) < 4.78 is 35.3. The minimum absolute atomic E-state index is 0.130. The third-order valence-corrected chi connectivity index (χ3v) is 6.02. The summed E-state index contributed by atoms with van der Waals surface area (Å²) in [5, 5.41) is 3.96. The molecule has 1 aromatic heterocycles. The van der Waals surface area contributed by atoms with Crippen LogP contribution in [0.4, 0.5) is 0 Å². The van der Waals surface area contributed by atoms with Crippen molar-refractivity contribution in [1.29, 1.82) is 0 Å². The maximum Gasteiger partial charge on any atom is 0.246 e. The van der Waals surface area contributed by atoms with Crippen molar-refractivity contribution in [2.45, 2.75) is 19.4 Å². The number of methoxy groups -OCH3 is 1. The van der Waals surface area contributed by atoms with Crippen LogP contribution in [-0.4, -0.2) is 67.2 Å². The summed E-state index contributed by atoms with van der Waals surface area (Å²) in [5.41, 5.74) is 0.749. The zero-order valence-corrected chi connectivity index (χ0v) is 17.0. The second-order valence-corrected chi connectivity index (χ2v) is 8.88. The minimum atomic E-state index is -3.30. The highest BCUT2D eigenvalue weighted by atomic mass is 32.2. The first kappa shape index (κ1) is 20.3. The van der Waals surface area contributed by atoms with Crippen LogP contribution in [0.5, 0.6) is 5.75 Å². The number of nitrogens with zero attached hydrogens (tertiary/aromatic N) is 4. The maximum absolute atomic E-state index is 12.7. The smallest absolute Gasteiger partial charge is 0.246 e. The number of piperidine rings is 1. The molecule has 0 N–H and O–H groups in total. The molecule has 0 saturated carbocycles. The maximum atomic E-state index is 12.7. The fraction of sp³-hybridized carbons (Fsp3) is 0.500. The number of benzene rings is 1. The van der Waals surface area contributed by atoms with Crippen LogP contribution >= 0.6 is 0 Å². The van der Waals surface area contributed by atoms with Crippen molar-refractivity contribution in [2.24, 2.45) is 5.92 Å². The van der Waals surface area contributed by atoms with Gasteiger partial charge in [-0.25, -0.2) is 12.7 Å². The van der Waals surface area contributed by atoms with Crippen molar-refractivity contribution in [3.63, 3.8) is 0 Å². The van der Waals surface area contributed by atoms with E-state index in [0.717, 1.165) is 5.56 Å². The van der Waals surface area contributed by atoms with Gasteiger partial charge < -0.3 is 14.2 Å². The second kappa shape index (κ2) is 8.27. The molecule has 1 aromatic carbocycles. The summed E-state index contributed by atoms with van der Waals surface area (Å²) in [6.45, 7) is 0.825. The van der Waals surface area contributed by atoms with E-state index in [2.05, 4.69) is 10.1 Å². The number of carbonyl (C=O) groups excluding carboxylic acids is 1. The molecule has 2 heterocycles. The summed E-state index contributed by atoms with van der Waals surface area (Å²) in [4.78, 5) is 18.6. The molecule has 1 atom stereocenters. The lowest BCUT2D eigenvalue weighted by molar-refractivity contribution is -0.136. The number of aromatic nitrogens is 2. The number of ether oxygens (including phenoxy) is 1. The molecule has 0 spiro atoms. The number of rotatable bonds is 6. The Labute approximate surface area is 164 Å². The fourth-order valence-corrected chi connectivity index (χ4v) is 4.15. The highest BCUT2D eigenvalue weighted by Gasteiger charge is 2.32. The first-order valence-electron chi connectivity index (χ1n) is 8.95. The van der Waals surface area contributed by atoms with E-state index in [1.54, 1.807) is 20.2 Å². The Morgan fingerprint density at radius 1 is 1.43 bits per heavy atom. The van der Waals surface area contributed by atoms with Crippen LogP contribution in [0.15, 0.2) is 28.8 Å². The Morgan fingerprint density at radius 2 is 2.21 bits per heavy atom. The van der Waals surface area contributed by atoms with Crippen LogP contribution < -0.4 is 4.74 Å². The van der Waals surface area contributed by atoms with Gasteiger partial charge in [0.05, 0.1) is 25.8 Å². The van der Waals surface area contributed by atoms with Gasteiger partial charge in [-0.05, 0) is 25.0 Å². The molecule has 28 heavy (non-hydrogen) atoms. The van der Waals surface area contributed by atoms with Gasteiger partial charge in [0.1, 0.15) is 5.75 Å². The summed E-state index contributed by atoms with van der Waals surface area (Å²) in [7, 11) is -0.0677. The van der Waals surface area contributed by atoms with Crippen molar-refractivity contribution < 1.29 is 22.5 Å². The molecule has 1 aliphatic rings. The molecule has 1 fully saturated rings. The van der Waals surface area contributed by atoms with Crippen LogP contribution in [0.25, 0.3) is 11.4 Å². The first-order chi connectivity index (χ1) is 13.3. The summed E-state index contributed by atoms with van der Waals surface area (Å²) in [6.07, 6.45) is 2.49. The molecule has 1 amide bonds. The van der Waals surface area contributed by atoms with Crippen LogP contribution in [0.3, 0.4) is 0 Å². The lowest BCUT2D eigenvalue weighted by atomic mass is 9.98. The average Bonchev–Trinajstić information content (AvgIpc) is 3.15. The molecule has 10 heteroatoms. The van der Waals surface area contributed by atoms with Crippen LogP contribution in [-0.2, 0) is 21.4 Å².